The van der Waals surface area contributed by atoms with Gasteiger partial charge < -0.3 is 10.1 Å². The molecule has 1 N–H and O–H groups in total. The monoisotopic (exact) mass is 433 g/mol. The number of rotatable bonds is 5. The molecule has 1 unspecified atom stereocenters. The molecule has 0 fully saturated rings. The van der Waals surface area contributed by atoms with Crippen LogP contribution in [-0.2, 0) is 4.79 Å². The van der Waals surface area contributed by atoms with Crippen LogP contribution in [0.15, 0.2) is 59.0 Å². The molecule has 0 aliphatic rings. The molecule has 0 bridgehead atoms. The third-order valence-corrected chi connectivity index (χ3v) is 6.39. The highest BCUT2D eigenvalue weighted by Crippen LogP contribution is 2.32. The summed E-state index contributed by atoms with van der Waals surface area (Å²) in [6, 6.07) is 12.5. The number of anilines is 1. The second kappa shape index (κ2) is 8.35. The maximum atomic E-state index is 13.4. The maximum absolute atomic E-state index is 13.4. The van der Waals surface area contributed by atoms with E-state index in [4.69, 9.17) is 4.74 Å². The minimum atomic E-state index is -0.748. The van der Waals surface area contributed by atoms with Gasteiger partial charge in [-0.1, -0.05) is 30.3 Å². The summed E-state index contributed by atoms with van der Waals surface area (Å²) in [5.41, 5.74) is 4.48. The Morgan fingerprint density at radius 2 is 1.94 bits per heavy atom. The minimum absolute atomic E-state index is 0.234. The Morgan fingerprint density at radius 3 is 2.68 bits per heavy atom. The topological polar surface area (TPSA) is 73.2 Å². The number of aryl methyl sites for hydroxylation is 2. The highest BCUT2D eigenvalue weighted by Gasteiger charge is 2.21. The standard InChI is InChI=1S/C24H23N3O3S/c1-14-9-10-17(11-15(14)2)18-12-31-23-21(18)24(29)27(13-25-23)16(3)22(28)26-19-7-5-6-8-20(19)30-4/h5-13,16H,1-4H3,(H,26,28). The number of fused-ring (bicyclic) bond motifs is 1. The van der Waals surface area contributed by atoms with Crippen molar-refractivity contribution in [1.29, 1.82) is 0 Å². The number of benzene rings is 2. The third kappa shape index (κ3) is 3.84. The van der Waals surface area contributed by atoms with E-state index in [1.165, 1.54) is 27.8 Å². The number of hydrogen-bond acceptors (Lipinski definition) is 5. The van der Waals surface area contributed by atoms with Gasteiger partial charge in [0.15, 0.2) is 0 Å². The number of aromatic nitrogens is 2. The number of nitrogens with zero attached hydrogens (tertiary/aromatic N) is 2. The fourth-order valence-electron chi connectivity index (χ4n) is 3.45. The van der Waals surface area contributed by atoms with Gasteiger partial charge in [-0.05, 0) is 49.6 Å². The molecule has 0 saturated carbocycles. The lowest BCUT2D eigenvalue weighted by molar-refractivity contribution is -0.118. The molecular formula is C24H23N3O3S. The first-order chi connectivity index (χ1) is 14.9. The second-order valence-corrected chi connectivity index (χ2v) is 8.31. The molecule has 4 aromatic rings. The van der Waals surface area contributed by atoms with Gasteiger partial charge >= 0.3 is 0 Å². The van der Waals surface area contributed by atoms with Crippen molar-refractivity contribution in [2.45, 2.75) is 26.8 Å². The number of ether oxygens (including phenoxy) is 1. The van der Waals surface area contributed by atoms with Crippen molar-refractivity contribution in [2.24, 2.45) is 0 Å². The van der Waals surface area contributed by atoms with Crippen molar-refractivity contribution >= 4 is 33.1 Å². The summed E-state index contributed by atoms with van der Waals surface area (Å²) in [5.74, 6) is 0.231. The Bertz CT molecular complexity index is 1340. The number of carbonyl (C=O) groups excluding carboxylic acids is 1. The summed E-state index contributed by atoms with van der Waals surface area (Å²) < 4.78 is 6.67. The van der Waals surface area contributed by atoms with Gasteiger partial charge in [0.2, 0.25) is 5.91 Å². The first-order valence-corrected chi connectivity index (χ1v) is 10.8. The molecule has 2 heterocycles. The Hall–Kier alpha value is -3.45. The summed E-state index contributed by atoms with van der Waals surface area (Å²) in [4.78, 5) is 31.4. The zero-order valence-corrected chi connectivity index (χ0v) is 18.6. The number of methoxy groups -OCH3 is 1. The molecule has 2 aromatic heterocycles. The van der Waals surface area contributed by atoms with Gasteiger partial charge in [0.05, 0.1) is 24.5 Å². The van der Waals surface area contributed by atoms with Crippen LogP contribution in [0.25, 0.3) is 21.3 Å². The van der Waals surface area contributed by atoms with Gasteiger partial charge in [-0.3, -0.25) is 14.2 Å². The fourth-order valence-corrected chi connectivity index (χ4v) is 4.36. The number of hydrogen-bond donors (Lipinski definition) is 1. The number of para-hydroxylation sites is 2. The molecule has 0 spiro atoms. The smallest absolute Gasteiger partial charge is 0.263 e. The molecule has 6 nitrogen and oxygen atoms in total. The lowest BCUT2D eigenvalue weighted by atomic mass is 10.0. The predicted molar refractivity (Wildman–Crippen MR) is 125 cm³/mol. The largest absolute Gasteiger partial charge is 0.495 e. The predicted octanol–water partition coefficient (Wildman–Crippen LogP) is 4.95. The van der Waals surface area contributed by atoms with Crippen LogP contribution in [0.2, 0.25) is 0 Å². The van der Waals surface area contributed by atoms with Gasteiger partial charge in [-0.25, -0.2) is 4.98 Å². The molecule has 158 valence electrons. The van der Waals surface area contributed by atoms with E-state index in [1.807, 2.05) is 36.6 Å². The number of nitrogens with one attached hydrogen (secondary N) is 1. The SMILES string of the molecule is COc1ccccc1NC(=O)C(C)n1cnc2scc(-c3ccc(C)c(C)c3)c2c1=O. The fraction of sp³-hybridized carbons (Fsp3) is 0.208. The third-order valence-electron chi connectivity index (χ3n) is 5.50. The first-order valence-electron chi connectivity index (χ1n) is 9.90. The van der Waals surface area contributed by atoms with Crippen molar-refractivity contribution in [3.8, 4) is 16.9 Å². The quantitative estimate of drug-likeness (QED) is 0.483. The van der Waals surface area contributed by atoms with E-state index in [0.29, 0.717) is 21.7 Å². The van der Waals surface area contributed by atoms with Crippen molar-refractivity contribution in [1.82, 2.24) is 9.55 Å². The van der Waals surface area contributed by atoms with E-state index in [2.05, 4.69) is 23.3 Å². The van der Waals surface area contributed by atoms with E-state index >= 15 is 0 Å². The van der Waals surface area contributed by atoms with Crippen LogP contribution in [0.5, 0.6) is 5.75 Å². The Balaban J connectivity index is 1.73. The van der Waals surface area contributed by atoms with Crippen LogP contribution in [0.1, 0.15) is 24.1 Å². The minimum Gasteiger partial charge on any atom is -0.495 e. The van der Waals surface area contributed by atoms with Gasteiger partial charge in [0.25, 0.3) is 5.56 Å². The Morgan fingerprint density at radius 1 is 1.16 bits per heavy atom. The van der Waals surface area contributed by atoms with Crippen LogP contribution in [0.3, 0.4) is 0 Å². The van der Waals surface area contributed by atoms with Crippen molar-refractivity contribution < 1.29 is 9.53 Å². The van der Waals surface area contributed by atoms with Crippen LogP contribution in [0, 0.1) is 13.8 Å². The maximum Gasteiger partial charge on any atom is 0.263 e. The average Bonchev–Trinajstić information content (AvgIpc) is 3.21. The highest BCUT2D eigenvalue weighted by atomic mass is 32.1. The van der Waals surface area contributed by atoms with Crippen molar-refractivity contribution in [2.75, 3.05) is 12.4 Å². The van der Waals surface area contributed by atoms with Crippen LogP contribution >= 0.6 is 11.3 Å². The van der Waals surface area contributed by atoms with E-state index < -0.39 is 6.04 Å². The highest BCUT2D eigenvalue weighted by molar-refractivity contribution is 7.17. The number of thiophene rings is 1. The summed E-state index contributed by atoms with van der Waals surface area (Å²) >= 11 is 1.43. The van der Waals surface area contributed by atoms with Crippen molar-refractivity contribution in [3.05, 3.63) is 75.7 Å². The molecule has 31 heavy (non-hydrogen) atoms. The summed E-state index contributed by atoms with van der Waals surface area (Å²) in [7, 11) is 1.54. The van der Waals surface area contributed by atoms with Crippen LogP contribution in [0.4, 0.5) is 5.69 Å². The Kier molecular flexibility index (Phi) is 5.61. The summed E-state index contributed by atoms with van der Waals surface area (Å²) in [6.45, 7) is 5.79. The van der Waals surface area contributed by atoms with E-state index in [0.717, 1.165) is 16.7 Å². The van der Waals surface area contributed by atoms with Gasteiger partial charge in [0, 0.05) is 10.9 Å². The molecule has 0 aliphatic carbocycles. The first kappa shape index (κ1) is 20.8. The average molecular weight is 434 g/mol. The lowest BCUT2D eigenvalue weighted by Crippen LogP contribution is -2.31. The van der Waals surface area contributed by atoms with Crippen LogP contribution < -0.4 is 15.6 Å². The number of carbonyl (C=O) groups is 1. The zero-order chi connectivity index (χ0) is 22.1. The van der Waals surface area contributed by atoms with E-state index in [1.54, 1.807) is 26.2 Å². The Labute approximate surface area is 184 Å². The molecule has 1 atom stereocenters. The second-order valence-electron chi connectivity index (χ2n) is 7.45. The van der Waals surface area contributed by atoms with E-state index in [9.17, 15) is 9.59 Å². The van der Waals surface area contributed by atoms with Crippen LogP contribution in [-0.4, -0.2) is 22.6 Å². The van der Waals surface area contributed by atoms with Gasteiger partial charge in [-0.2, -0.15) is 0 Å². The molecule has 0 radical (unpaired) electrons. The molecule has 7 heteroatoms. The molecule has 4 rings (SSSR count). The summed E-state index contributed by atoms with van der Waals surface area (Å²) in [5, 5.41) is 5.33. The zero-order valence-electron chi connectivity index (χ0n) is 17.8. The van der Waals surface area contributed by atoms with Gasteiger partial charge in [0.1, 0.15) is 16.6 Å². The van der Waals surface area contributed by atoms with Crippen molar-refractivity contribution in [3.63, 3.8) is 0 Å². The lowest BCUT2D eigenvalue weighted by Gasteiger charge is -2.16. The molecular weight excluding hydrogens is 410 g/mol. The van der Waals surface area contributed by atoms with E-state index in [-0.39, 0.29) is 11.5 Å². The normalized spacial score (nSPS) is 12.0. The van der Waals surface area contributed by atoms with Gasteiger partial charge in [-0.15, -0.1) is 11.3 Å². The molecule has 2 aromatic carbocycles. The summed E-state index contributed by atoms with van der Waals surface area (Å²) in [6.07, 6.45) is 1.44. The number of amides is 1. The molecule has 1 amide bonds. The molecule has 0 aliphatic heterocycles. The molecule has 0 saturated heterocycles.